The zero-order chi connectivity index (χ0) is 14.1. The van der Waals surface area contributed by atoms with Gasteiger partial charge >= 0.3 is 5.97 Å². The molecule has 5 heteroatoms. The van der Waals surface area contributed by atoms with Crippen LogP contribution in [0, 0.1) is 0 Å². The lowest BCUT2D eigenvalue weighted by molar-refractivity contribution is -0.147. The van der Waals surface area contributed by atoms with Gasteiger partial charge in [-0.3, -0.25) is 4.79 Å². The number of aliphatic carboxylic acids is 1. The Kier molecular flexibility index (Phi) is 3.18. The molecule has 2 heterocycles. The number of carboxylic acid groups (broad SMARTS) is 1. The summed E-state index contributed by atoms with van der Waals surface area (Å²) >= 11 is 0. The third-order valence-electron chi connectivity index (χ3n) is 3.87. The van der Waals surface area contributed by atoms with Gasteiger partial charge in [0.25, 0.3) is 0 Å². The molecule has 5 nitrogen and oxygen atoms in total. The average molecular weight is 272 g/mol. The maximum Gasteiger partial charge on any atom is 0.326 e. The molecule has 1 saturated heterocycles. The second kappa shape index (κ2) is 5.00. The van der Waals surface area contributed by atoms with E-state index in [0.29, 0.717) is 13.0 Å². The van der Waals surface area contributed by atoms with Crippen LogP contribution in [-0.4, -0.2) is 39.5 Å². The summed E-state index contributed by atoms with van der Waals surface area (Å²) in [6.07, 6.45) is 3.38. The average Bonchev–Trinajstić information content (AvgIpc) is 3.06. The topological polar surface area (TPSA) is 73.4 Å². The molecule has 1 aromatic carbocycles. The Labute approximate surface area is 116 Å². The lowest BCUT2D eigenvalue weighted by Crippen LogP contribution is -2.41. The summed E-state index contributed by atoms with van der Waals surface area (Å²) in [6.45, 7) is 0.540. The van der Waals surface area contributed by atoms with Crippen LogP contribution >= 0.6 is 0 Å². The van der Waals surface area contributed by atoms with Gasteiger partial charge < -0.3 is 15.0 Å². The van der Waals surface area contributed by atoms with E-state index in [-0.39, 0.29) is 12.3 Å². The Bertz CT molecular complexity index is 662. The zero-order valence-electron chi connectivity index (χ0n) is 11.0. The highest BCUT2D eigenvalue weighted by Gasteiger charge is 2.33. The van der Waals surface area contributed by atoms with Gasteiger partial charge in [0, 0.05) is 23.6 Å². The number of nitrogens with one attached hydrogen (secondary N) is 1. The summed E-state index contributed by atoms with van der Waals surface area (Å²) in [4.78, 5) is 28.1. The number of nitrogens with zero attached hydrogens (tertiary/aromatic N) is 1. The molecule has 0 spiro atoms. The van der Waals surface area contributed by atoms with Gasteiger partial charge in [0.1, 0.15) is 6.04 Å². The van der Waals surface area contributed by atoms with Crippen LogP contribution in [0.25, 0.3) is 10.9 Å². The van der Waals surface area contributed by atoms with Gasteiger partial charge in [-0.05, 0) is 24.5 Å². The van der Waals surface area contributed by atoms with Gasteiger partial charge in [-0.15, -0.1) is 0 Å². The van der Waals surface area contributed by atoms with Gasteiger partial charge in [-0.1, -0.05) is 18.2 Å². The van der Waals surface area contributed by atoms with E-state index in [4.69, 9.17) is 5.11 Å². The van der Waals surface area contributed by atoms with Crippen molar-refractivity contribution in [2.24, 2.45) is 0 Å². The normalized spacial score (nSPS) is 18.6. The van der Waals surface area contributed by atoms with Crippen molar-refractivity contribution < 1.29 is 14.7 Å². The number of carbonyl (C=O) groups is 2. The number of likely N-dealkylation sites (tertiary alicyclic amines) is 1. The predicted molar refractivity (Wildman–Crippen MR) is 74.4 cm³/mol. The molecule has 20 heavy (non-hydrogen) atoms. The molecule has 1 amide bonds. The quantitative estimate of drug-likeness (QED) is 0.894. The van der Waals surface area contributed by atoms with E-state index in [1.54, 1.807) is 0 Å². The van der Waals surface area contributed by atoms with Crippen LogP contribution in [0.15, 0.2) is 30.5 Å². The maximum atomic E-state index is 12.3. The number of carbonyl (C=O) groups excluding carboxylic acids is 1. The number of rotatable bonds is 3. The minimum absolute atomic E-state index is 0.111. The maximum absolute atomic E-state index is 12.3. The highest BCUT2D eigenvalue weighted by atomic mass is 16.4. The summed E-state index contributed by atoms with van der Waals surface area (Å²) in [5.74, 6) is -1.02. The van der Waals surface area contributed by atoms with Crippen LogP contribution in [0.4, 0.5) is 0 Å². The van der Waals surface area contributed by atoms with Gasteiger partial charge in [0.05, 0.1) is 6.42 Å². The standard InChI is InChI=1S/C15H16N2O3/c18-14(17-7-3-6-13(17)15(19)20)8-10-9-16-12-5-2-1-4-11(10)12/h1-2,4-5,9,13,16H,3,6-8H2,(H,19,20)/t13-/m1/s1. The Morgan fingerprint density at radius 1 is 1.35 bits per heavy atom. The van der Waals surface area contributed by atoms with E-state index in [9.17, 15) is 9.59 Å². The molecule has 0 radical (unpaired) electrons. The van der Waals surface area contributed by atoms with Crippen molar-refractivity contribution in [3.8, 4) is 0 Å². The molecule has 0 aliphatic carbocycles. The fourth-order valence-electron chi connectivity index (χ4n) is 2.86. The summed E-state index contributed by atoms with van der Waals surface area (Å²) in [6, 6.07) is 7.13. The molecular formula is C15H16N2O3. The third kappa shape index (κ3) is 2.15. The zero-order valence-corrected chi connectivity index (χ0v) is 11.0. The molecule has 1 aromatic heterocycles. The first-order valence-electron chi connectivity index (χ1n) is 6.74. The number of carboxylic acids is 1. The highest BCUT2D eigenvalue weighted by Crippen LogP contribution is 2.22. The first kappa shape index (κ1) is 12.7. The molecule has 1 aliphatic rings. The lowest BCUT2D eigenvalue weighted by atomic mass is 10.1. The van der Waals surface area contributed by atoms with Crippen LogP contribution in [-0.2, 0) is 16.0 Å². The SMILES string of the molecule is O=C(O)[C@H]1CCCN1C(=O)Cc1c[nH]c2ccccc12. The fraction of sp³-hybridized carbons (Fsp3) is 0.333. The molecular weight excluding hydrogens is 256 g/mol. The van der Waals surface area contributed by atoms with Crippen molar-refractivity contribution in [3.05, 3.63) is 36.0 Å². The molecule has 1 atom stereocenters. The van der Waals surface area contributed by atoms with Crippen molar-refractivity contribution >= 4 is 22.8 Å². The van der Waals surface area contributed by atoms with Crippen LogP contribution in [0.2, 0.25) is 0 Å². The number of amides is 1. The second-order valence-corrected chi connectivity index (χ2v) is 5.12. The van der Waals surface area contributed by atoms with Gasteiger partial charge in [-0.2, -0.15) is 0 Å². The van der Waals surface area contributed by atoms with Crippen LogP contribution < -0.4 is 0 Å². The molecule has 0 saturated carbocycles. The van der Waals surface area contributed by atoms with Crippen molar-refractivity contribution in [2.45, 2.75) is 25.3 Å². The minimum Gasteiger partial charge on any atom is -0.480 e. The lowest BCUT2D eigenvalue weighted by Gasteiger charge is -2.21. The fourth-order valence-corrected chi connectivity index (χ4v) is 2.86. The predicted octanol–water partition coefficient (Wildman–Crippen LogP) is 1.79. The number of hydrogen-bond donors (Lipinski definition) is 2. The number of para-hydroxylation sites is 1. The summed E-state index contributed by atoms with van der Waals surface area (Å²) < 4.78 is 0. The van der Waals surface area contributed by atoms with E-state index in [2.05, 4.69) is 4.98 Å². The molecule has 3 rings (SSSR count). The van der Waals surface area contributed by atoms with Crippen LogP contribution in [0.5, 0.6) is 0 Å². The first-order valence-corrected chi connectivity index (χ1v) is 6.74. The first-order chi connectivity index (χ1) is 9.66. The number of aromatic nitrogens is 1. The Hall–Kier alpha value is -2.30. The van der Waals surface area contributed by atoms with E-state index in [1.165, 1.54) is 4.90 Å². The van der Waals surface area contributed by atoms with Crippen molar-refractivity contribution in [2.75, 3.05) is 6.54 Å². The van der Waals surface area contributed by atoms with Gasteiger partial charge in [-0.25, -0.2) is 4.79 Å². The second-order valence-electron chi connectivity index (χ2n) is 5.12. The molecule has 0 bridgehead atoms. The summed E-state index contributed by atoms with van der Waals surface area (Å²) in [7, 11) is 0. The largest absolute Gasteiger partial charge is 0.480 e. The summed E-state index contributed by atoms with van der Waals surface area (Å²) in [5.41, 5.74) is 1.91. The Morgan fingerprint density at radius 2 is 2.15 bits per heavy atom. The highest BCUT2D eigenvalue weighted by molar-refractivity contribution is 5.90. The molecule has 0 unspecified atom stereocenters. The number of benzene rings is 1. The number of hydrogen-bond acceptors (Lipinski definition) is 2. The molecule has 2 N–H and O–H groups in total. The molecule has 2 aromatic rings. The third-order valence-corrected chi connectivity index (χ3v) is 3.87. The smallest absolute Gasteiger partial charge is 0.326 e. The van der Waals surface area contributed by atoms with E-state index in [0.717, 1.165) is 22.9 Å². The minimum atomic E-state index is -0.908. The number of H-pyrrole nitrogens is 1. The van der Waals surface area contributed by atoms with Crippen molar-refractivity contribution in [3.63, 3.8) is 0 Å². The van der Waals surface area contributed by atoms with Gasteiger partial charge in [0.2, 0.25) is 5.91 Å². The van der Waals surface area contributed by atoms with Crippen LogP contribution in [0.1, 0.15) is 18.4 Å². The Balaban J connectivity index is 1.80. The van der Waals surface area contributed by atoms with E-state index in [1.807, 2.05) is 30.5 Å². The van der Waals surface area contributed by atoms with Crippen molar-refractivity contribution in [1.82, 2.24) is 9.88 Å². The molecule has 104 valence electrons. The van der Waals surface area contributed by atoms with E-state index >= 15 is 0 Å². The molecule has 1 fully saturated rings. The van der Waals surface area contributed by atoms with E-state index < -0.39 is 12.0 Å². The van der Waals surface area contributed by atoms with Crippen molar-refractivity contribution in [1.29, 1.82) is 0 Å². The number of aromatic amines is 1. The molecule has 1 aliphatic heterocycles. The van der Waals surface area contributed by atoms with Crippen LogP contribution in [0.3, 0.4) is 0 Å². The number of fused-ring (bicyclic) bond motifs is 1. The summed E-state index contributed by atoms with van der Waals surface area (Å²) in [5, 5.41) is 10.2. The Morgan fingerprint density at radius 3 is 2.95 bits per heavy atom. The monoisotopic (exact) mass is 272 g/mol. The van der Waals surface area contributed by atoms with Gasteiger partial charge in [0.15, 0.2) is 0 Å².